The molecule has 0 aromatic heterocycles. The van der Waals surface area contributed by atoms with Crippen molar-refractivity contribution in [2.75, 3.05) is 13.7 Å². The van der Waals surface area contributed by atoms with Gasteiger partial charge < -0.3 is 14.8 Å². The predicted octanol–water partition coefficient (Wildman–Crippen LogP) is 3.36. The zero-order valence-electron chi connectivity index (χ0n) is 12.2. The lowest BCUT2D eigenvalue weighted by atomic mass is 9.88. The maximum atomic E-state index is 14.0. The van der Waals surface area contributed by atoms with E-state index in [0.29, 0.717) is 25.5 Å². The molecule has 1 N–H and O–H groups in total. The van der Waals surface area contributed by atoms with Crippen LogP contribution in [0.5, 0.6) is 5.75 Å². The van der Waals surface area contributed by atoms with Crippen molar-refractivity contribution in [2.45, 2.75) is 25.2 Å². The molecule has 0 radical (unpaired) electrons. The first-order valence-corrected chi connectivity index (χ1v) is 6.66. The maximum absolute atomic E-state index is 14.0. The fourth-order valence-electron chi connectivity index (χ4n) is 2.52. The van der Waals surface area contributed by atoms with Crippen LogP contribution in [0, 0.1) is 11.7 Å². The Bertz CT molecular complexity index is 553. The van der Waals surface area contributed by atoms with Crippen molar-refractivity contribution in [3.8, 4) is 5.75 Å². The summed E-state index contributed by atoms with van der Waals surface area (Å²) in [7, 11) is 1.28. The van der Waals surface area contributed by atoms with Gasteiger partial charge >= 0.3 is 12.3 Å². The molecule has 1 fully saturated rings. The fraction of sp³-hybridized carbons (Fsp3) is 0.500. The lowest BCUT2D eigenvalue weighted by Crippen LogP contribution is -2.35. The highest BCUT2D eigenvalue weighted by Crippen LogP contribution is 2.32. The van der Waals surface area contributed by atoms with Gasteiger partial charge in [0.25, 0.3) is 0 Å². The van der Waals surface area contributed by atoms with Gasteiger partial charge in [-0.3, -0.25) is 4.79 Å². The first kappa shape index (κ1) is 19.5. The van der Waals surface area contributed by atoms with Gasteiger partial charge in [-0.1, -0.05) is 6.07 Å². The summed E-state index contributed by atoms with van der Waals surface area (Å²) in [6.45, 7) is 0.491. The van der Waals surface area contributed by atoms with Crippen molar-refractivity contribution in [3.63, 3.8) is 0 Å². The molecule has 1 aliphatic rings. The number of piperidine rings is 1. The van der Waals surface area contributed by atoms with Gasteiger partial charge in [-0.25, -0.2) is 4.39 Å². The van der Waals surface area contributed by atoms with E-state index in [-0.39, 0.29) is 29.9 Å². The van der Waals surface area contributed by atoms with Crippen molar-refractivity contribution in [2.24, 2.45) is 5.92 Å². The summed E-state index contributed by atoms with van der Waals surface area (Å²) >= 11 is 0. The molecule has 0 spiro atoms. The number of nitrogens with one attached hydrogen (secondary N) is 1. The van der Waals surface area contributed by atoms with Crippen molar-refractivity contribution >= 4 is 18.4 Å². The van der Waals surface area contributed by atoms with Crippen LogP contribution in [0.2, 0.25) is 0 Å². The number of halogens is 5. The number of esters is 1. The van der Waals surface area contributed by atoms with E-state index < -0.39 is 24.0 Å². The Morgan fingerprint density at radius 3 is 2.61 bits per heavy atom. The number of hydrogen-bond acceptors (Lipinski definition) is 4. The topological polar surface area (TPSA) is 47.6 Å². The normalized spacial score (nSPS) is 21.3. The van der Waals surface area contributed by atoms with Gasteiger partial charge in [0.2, 0.25) is 0 Å². The van der Waals surface area contributed by atoms with Gasteiger partial charge in [-0.15, -0.1) is 25.6 Å². The molecule has 1 heterocycles. The van der Waals surface area contributed by atoms with Gasteiger partial charge in [-0.2, -0.15) is 0 Å². The van der Waals surface area contributed by atoms with Crippen LogP contribution < -0.4 is 10.1 Å². The molecular formula is C14H16ClF4NO3. The summed E-state index contributed by atoms with van der Waals surface area (Å²) in [6, 6.07) is 2.51. The molecule has 0 amide bonds. The van der Waals surface area contributed by atoms with Crippen LogP contribution in [0.15, 0.2) is 18.2 Å². The van der Waals surface area contributed by atoms with Crippen molar-refractivity contribution in [1.29, 1.82) is 0 Å². The molecule has 1 saturated heterocycles. The minimum atomic E-state index is -4.87. The molecule has 1 aromatic carbocycles. The van der Waals surface area contributed by atoms with Gasteiger partial charge in [0.1, 0.15) is 11.6 Å². The largest absolute Gasteiger partial charge is 0.573 e. The van der Waals surface area contributed by atoms with E-state index in [1.165, 1.54) is 13.2 Å². The standard InChI is InChI=1S/C14H15F4NO3.ClH/c1-21-13(20)8-4-5-19-12(6-8)10-3-2-9(7-11(10)15)22-14(16,17)18;/h2-3,7-8,12,19H,4-6H2,1H3;1H. The zero-order chi connectivity index (χ0) is 16.3. The van der Waals surface area contributed by atoms with Crippen LogP contribution in [-0.2, 0) is 9.53 Å². The van der Waals surface area contributed by atoms with Crippen LogP contribution in [0.3, 0.4) is 0 Å². The molecule has 1 aliphatic heterocycles. The average molecular weight is 358 g/mol. The number of alkyl halides is 3. The molecule has 130 valence electrons. The van der Waals surface area contributed by atoms with Crippen molar-refractivity contribution in [1.82, 2.24) is 5.32 Å². The summed E-state index contributed by atoms with van der Waals surface area (Å²) in [5, 5.41) is 3.04. The second-order valence-electron chi connectivity index (χ2n) is 4.98. The van der Waals surface area contributed by atoms with E-state index >= 15 is 0 Å². The van der Waals surface area contributed by atoms with E-state index in [0.717, 1.165) is 6.07 Å². The van der Waals surface area contributed by atoms with Crippen LogP contribution in [0.1, 0.15) is 24.4 Å². The molecule has 0 aliphatic carbocycles. The Morgan fingerprint density at radius 1 is 1.35 bits per heavy atom. The molecule has 0 bridgehead atoms. The predicted molar refractivity (Wildman–Crippen MR) is 75.8 cm³/mol. The summed E-state index contributed by atoms with van der Waals surface area (Å²) in [5.74, 6) is -2.16. The van der Waals surface area contributed by atoms with Crippen LogP contribution in [-0.4, -0.2) is 26.0 Å². The molecule has 1 aromatic rings. The SMILES string of the molecule is COC(=O)C1CCNC(c2ccc(OC(F)(F)F)cc2F)C1.Cl. The molecule has 2 atom stereocenters. The molecule has 4 nitrogen and oxygen atoms in total. The van der Waals surface area contributed by atoms with Gasteiger partial charge in [0, 0.05) is 17.7 Å². The Hall–Kier alpha value is -1.54. The molecule has 23 heavy (non-hydrogen) atoms. The smallest absolute Gasteiger partial charge is 0.469 e. The second-order valence-corrected chi connectivity index (χ2v) is 4.98. The summed E-state index contributed by atoms with van der Waals surface area (Å²) in [6.07, 6.45) is -3.98. The van der Waals surface area contributed by atoms with Crippen LogP contribution >= 0.6 is 12.4 Å². The van der Waals surface area contributed by atoms with Gasteiger partial charge in [0.05, 0.1) is 13.0 Å². The quantitative estimate of drug-likeness (QED) is 0.665. The lowest BCUT2D eigenvalue weighted by Gasteiger charge is -2.29. The third kappa shape index (κ3) is 5.24. The maximum Gasteiger partial charge on any atom is 0.573 e. The van der Waals surface area contributed by atoms with Gasteiger partial charge in [0.15, 0.2) is 0 Å². The Labute approximate surface area is 136 Å². The Morgan fingerprint density at radius 2 is 2.04 bits per heavy atom. The second kappa shape index (κ2) is 7.83. The lowest BCUT2D eigenvalue weighted by molar-refractivity contribution is -0.274. The molecular weight excluding hydrogens is 342 g/mol. The fourth-order valence-corrected chi connectivity index (χ4v) is 2.52. The van der Waals surface area contributed by atoms with Crippen molar-refractivity contribution < 1.29 is 31.8 Å². The first-order valence-electron chi connectivity index (χ1n) is 6.66. The number of hydrogen-bond donors (Lipinski definition) is 1. The monoisotopic (exact) mass is 357 g/mol. The van der Waals surface area contributed by atoms with E-state index in [1.54, 1.807) is 0 Å². The zero-order valence-corrected chi connectivity index (χ0v) is 13.0. The third-order valence-electron chi connectivity index (χ3n) is 3.52. The van der Waals surface area contributed by atoms with E-state index in [2.05, 4.69) is 14.8 Å². The molecule has 0 saturated carbocycles. The number of ether oxygens (including phenoxy) is 2. The van der Waals surface area contributed by atoms with Gasteiger partial charge in [-0.05, 0) is 25.5 Å². The summed E-state index contributed by atoms with van der Waals surface area (Å²) in [4.78, 5) is 11.6. The average Bonchev–Trinajstić information content (AvgIpc) is 2.45. The van der Waals surface area contributed by atoms with Crippen LogP contribution in [0.4, 0.5) is 17.6 Å². The van der Waals surface area contributed by atoms with E-state index in [1.807, 2.05) is 0 Å². The highest BCUT2D eigenvalue weighted by atomic mass is 35.5. The van der Waals surface area contributed by atoms with E-state index in [9.17, 15) is 22.4 Å². The number of methoxy groups -OCH3 is 1. The number of carbonyl (C=O) groups excluding carboxylic acids is 1. The molecule has 9 heteroatoms. The third-order valence-corrected chi connectivity index (χ3v) is 3.52. The highest BCUT2D eigenvalue weighted by molar-refractivity contribution is 5.85. The Kier molecular flexibility index (Phi) is 6.64. The number of benzene rings is 1. The number of carbonyl (C=O) groups is 1. The van der Waals surface area contributed by atoms with Crippen molar-refractivity contribution in [3.05, 3.63) is 29.6 Å². The minimum Gasteiger partial charge on any atom is -0.469 e. The molecule has 2 unspecified atom stereocenters. The summed E-state index contributed by atoms with van der Waals surface area (Å²) < 4.78 is 58.7. The summed E-state index contributed by atoms with van der Waals surface area (Å²) in [5.41, 5.74) is 0.197. The minimum absolute atomic E-state index is 0. The Balaban J connectivity index is 0.00000264. The molecule has 2 rings (SSSR count). The highest BCUT2D eigenvalue weighted by Gasteiger charge is 2.33. The number of rotatable bonds is 3. The van der Waals surface area contributed by atoms with E-state index in [4.69, 9.17) is 0 Å². The van der Waals surface area contributed by atoms with Crippen LogP contribution in [0.25, 0.3) is 0 Å². The first-order chi connectivity index (χ1) is 10.3.